The zero-order valence-corrected chi connectivity index (χ0v) is 13.3. The number of carbonyl (C=O) groups is 2. The summed E-state index contributed by atoms with van der Waals surface area (Å²) in [5.74, 6) is -1.05. The molecule has 0 aromatic rings. The first-order chi connectivity index (χ1) is 9.14. The lowest BCUT2D eigenvalue weighted by molar-refractivity contribution is -0.147. The minimum atomic E-state index is -0.830. The summed E-state index contributed by atoms with van der Waals surface area (Å²) in [6.45, 7) is 10.6. The summed E-state index contributed by atoms with van der Waals surface area (Å²) < 4.78 is 10.6. The molecule has 0 aromatic carbocycles. The molecule has 1 atom stereocenters. The van der Waals surface area contributed by atoms with Crippen LogP contribution in [0.1, 0.15) is 53.9 Å². The van der Waals surface area contributed by atoms with E-state index in [1.807, 2.05) is 27.7 Å². The van der Waals surface area contributed by atoms with Gasteiger partial charge in [-0.2, -0.15) is 0 Å². The van der Waals surface area contributed by atoms with E-state index in [-0.39, 0.29) is 17.8 Å². The summed E-state index contributed by atoms with van der Waals surface area (Å²) in [7, 11) is 0. The van der Waals surface area contributed by atoms with Crippen molar-refractivity contribution in [2.45, 2.75) is 53.9 Å². The molecule has 0 amide bonds. The van der Waals surface area contributed by atoms with Gasteiger partial charge in [0.05, 0.1) is 32.7 Å². The van der Waals surface area contributed by atoms with Gasteiger partial charge < -0.3 is 14.6 Å². The average molecular weight is 288 g/mol. The largest absolute Gasteiger partial charge is 0.481 e. The van der Waals surface area contributed by atoms with E-state index >= 15 is 0 Å². The Kier molecular flexibility index (Phi) is 7.79. The van der Waals surface area contributed by atoms with E-state index in [0.717, 1.165) is 6.42 Å². The minimum Gasteiger partial charge on any atom is -0.481 e. The van der Waals surface area contributed by atoms with Crippen molar-refractivity contribution >= 4 is 11.9 Å². The Morgan fingerprint density at radius 2 is 1.65 bits per heavy atom. The van der Waals surface area contributed by atoms with Crippen molar-refractivity contribution in [3.05, 3.63) is 0 Å². The fraction of sp³-hybridized carbons (Fsp3) is 0.867. The predicted octanol–water partition coefficient (Wildman–Crippen LogP) is 2.87. The van der Waals surface area contributed by atoms with Crippen LogP contribution < -0.4 is 0 Å². The van der Waals surface area contributed by atoms with Gasteiger partial charge in [0.15, 0.2) is 0 Å². The molecular formula is C15H28O5. The highest BCUT2D eigenvalue weighted by molar-refractivity contribution is 5.70. The summed E-state index contributed by atoms with van der Waals surface area (Å²) in [6, 6.07) is 0. The molecule has 0 aliphatic rings. The van der Waals surface area contributed by atoms with Crippen LogP contribution in [0.15, 0.2) is 0 Å². The van der Waals surface area contributed by atoms with Crippen LogP contribution in [0.5, 0.6) is 0 Å². The normalized spacial score (nSPS) is 14.7. The number of hydrogen-bond donors (Lipinski definition) is 1. The monoisotopic (exact) mass is 288 g/mol. The number of carboxylic acids is 1. The molecule has 5 heteroatoms. The van der Waals surface area contributed by atoms with Crippen LogP contribution in [0.2, 0.25) is 0 Å². The van der Waals surface area contributed by atoms with E-state index in [1.54, 1.807) is 6.92 Å². The summed E-state index contributed by atoms with van der Waals surface area (Å²) >= 11 is 0. The molecular weight excluding hydrogens is 260 g/mol. The van der Waals surface area contributed by atoms with E-state index in [1.165, 1.54) is 0 Å². The molecule has 0 fully saturated rings. The maximum atomic E-state index is 11.6. The van der Waals surface area contributed by atoms with Gasteiger partial charge in [-0.05, 0) is 18.8 Å². The molecule has 0 saturated carbocycles. The molecule has 1 N–H and O–H groups in total. The maximum Gasteiger partial charge on any atom is 0.306 e. The van der Waals surface area contributed by atoms with Crippen LogP contribution in [0.25, 0.3) is 0 Å². The van der Waals surface area contributed by atoms with Gasteiger partial charge >= 0.3 is 11.9 Å². The van der Waals surface area contributed by atoms with Crippen LogP contribution in [-0.2, 0) is 19.1 Å². The fourth-order valence-electron chi connectivity index (χ4n) is 1.87. The van der Waals surface area contributed by atoms with Crippen molar-refractivity contribution in [3.63, 3.8) is 0 Å². The van der Waals surface area contributed by atoms with Gasteiger partial charge in [0.25, 0.3) is 0 Å². The minimum absolute atomic E-state index is 0.0632. The van der Waals surface area contributed by atoms with Crippen molar-refractivity contribution in [2.24, 2.45) is 10.8 Å². The van der Waals surface area contributed by atoms with E-state index < -0.39 is 11.4 Å². The topological polar surface area (TPSA) is 72.8 Å². The van der Waals surface area contributed by atoms with Gasteiger partial charge in [-0.1, -0.05) is 27.7 Å². The lowest BCUT2D eigenvalue weighted by Gasteiger charge is -2.29. The molecule has 0 aliphatic carbocycles. The number of carboxylic acid groups (broad SMARTS) is 1. The molecule has 5 nitrogen and oxygen atoms in total. The summed E-state index contributed by atoms with van der Waals surface area (Å²) in [4.78, 5) is 22.3. The van der Waals surface area contributed by atoms with E-state index in [0.29, 0.717) is 26.2 Å². The van der Waals surface area contributed by atoms with Crippen molar-refractivity contribution in [2.75, 3.05) is 19.8 Å². The highest BCUT2D eigenvalue weighted by Gasteiger charge is 2.29. The number of ether oxygens (including phenoxy) is 2. The third-order valence-electron chi connectivity index (χ3n) is 3.30. The van der Waals surface area contributed by atoms with Crippen LogP contribution in [-0.4, -0.2) is 36.9 Å². The van der Waals surface area contributed by atoms with E-state index in [9.17, 15) is 9.59 Å². The number of carbonyl (C=O) groups excluding carboxylic acids is 1. The Balaban J connectivity index is 4.30. The number of rotatable bonds is 10. The Morgan fingerprint density at radius 3 is 2.10 bits per heavy atom. The smallest absolute Gasteiger partial charge is 0.306 e. The lowest BCUT2D eigenvalue weighted by atomic mass is 9.84. The molecule has 118 valence electrons. The second-order valence-corrected chi connectivity index (χ2v) is 6.37. The number of esters is 1. The molecule has 0 rings (SSSR count). The van der Waals surface area contributed by atoms with Gasteiger partial charge in [0.2, 0.25) is 0 Å². The molecule has 0 bridgehead atoms. The van der Waals surface area contributed by atoms with Gasteiger partial charge in [-0.25, -0.2) is 0 Å². The maximum absolute atomic E-state index is 11.6. The van der Waals surface area contributed by atoms with Crippen LogP contribution in [0.3, 0.4) is 0 Å². The average Bonchev–Trinajstić information content (AvgIpc) is 2.26. The fourth-order valence-corrected chi connectivity index (χ4v) is 1.87. The highest BCUT2D eigenvalue weighted by Crippen LogP contribution is 2.28. The molecule has 20 heavy (non-hydrogen) atoms. The zero-order chi connectivity index (χ0) is 15.8. The van der Waals surface area contributed by atoms with Gasteiger partial charge in [-0.15, -0.1) is 0 Å². The first-order valence-electron chi connectivity index (χ1n) is 7.09. The summed E-state index contributed by atoms with van der Waals surface area (Å²) in [5.41, 5.74) is -0.685. The molecule has 0 saturated heterocycles. The van der Waals surface area contributed by atoms with E-state index in [2.05, 4.69) is 0 Å². The van der Waals surface area contributed by atoms with Crippen molar-refractivity contribution in [3.8, 4) is 0 Å². The summed E-state index contributed by atoms with van der Waals surface area (Å²) in [6.07, 6.45) is 1.18. The van der Waals surface area contributed by atoms with Gasteiger partial charge in [0.1, 0.15) is 0 Å². The standard InChI is InChI=1S/C15H28O5/c1-6-15(5,9-13(18)20-7-2)11-19-10-14(3,4)8-12(16)17/h6-11H2,1-5H3,(H,16,17). The molecule has 1 unspecified atom stereocenters. The summed E-state index contributed by atoms with van der Waals surface area (Å²) in [5, 5.41) is 8.82. The van der Waals surface area contributed by atoms with Crippen LogP contribution >= 0.6 is 0 Å². The quantitative estimate of drug-likeness (QED) is 0.626. The van der Waals surface area contributed by atoms with Crippen LogP contribution in [0.4, 0.5) is 0 Å². The first kappa shape index (κ1) is 18.9. The predicted molar refractivity (Wildman–Crippen MR) is 76.5 cm³/mol. The number of hydrogen-bond acceptors (Lipinski definition) is 4. The van der Waals surface area contributed by atoms with Crippen molar-refractivity contribution in [1.29, 1.82) is 0 Å². The van der Waals surface area contributed by atoms with E-state index in [4.69, 9.17) is 14.6 Å². The third kappa shape index (κ3) is 8.15. The molecule has 0 heterocycles. The Hall–Kier alpha value is -1.10. The molecule has 0 aliphatic heterocycles. The number of aliphatic carboxylic acids is 1. The van der Waals surface area contributed by atoms with Gasteiger partial charge in [0, 0.05) is 5.41 Å². The van der Waals surface area contributed by atoms with Crippen molar-refractivity contribution < 1.29 is 24.2 Å². The lowest BCUT2D eigenvalue weighted by Crippen LogP contribution is -2.30. The van der Waals surface area contributed by atoms with Crippen LogP contribution in [0, 0.1) is 10.8 Å². The van der Waals surface area contributed by atoms with Gasteiger partial charge in [-0.3, -0.25) is 9.59 Å². The third-order valence-corrected chi connectivity index (χ3v) is 3.30. The zero-order valence-electron chi connectivity index (χ0n) is 13.3. The SMILES string of the molecule is CCOC(=O)CC(C)(CC)COCC(C)(C)CC(=O)O. The first-order valence-corrected chi connectivity index (χ1v) is 7.09. The Labute approximate surface area is 121 Å². The Bertz CT molecular complexity index is 324. The molecule has 0 spiro atoms. The second kappa shape index (κ2) is 8.25. The highest BCUT2D eigenvalue weighted by atomic mass is 16.5. The Morgan fingerprint density at radius 1 is 1.05 bits per heavy atom. The molecule has 0 aromatic heterocycles. The molecule has 0 radical (unpaired) electrons. The van der Waals surface area contributed by atoms with Crippen molar-refractivity contribution in [1.82, 2.24) is 0 Å². The second-order valence-electron chi connectivity index (χ2n) is 6.37.